The lowest BCUT2D eigenvalue weighted by Gasteiger charge is -1.98. The van der Waals surface area contributed by atoms with Crippen LogP contribution in [0.2, 0.25) is 0 Å². The number of nitrogens with two attached hydrogens (primary N) is 1. The molecule has 0 aliphatic heterocycles. The Balaban J connectivity index is 1.62. The maximum Gasteiger partial charge on any atom is 0.209 e. The predicted octanol–water partition coefficient (Wildman–Crippen LogP) is 0.918. The van der Waals surface area contributed by atoms with E-state index in [-0.39, 0.29) is 0 Å². The summed E-state index contributed by atoms with van der Waals surface area (Å²) in [7, 11) is 1.83. The zero-order chi connectivity index (χ0) is 12.1. The van der Waals surface area contributed by atoms with Gasteiger partial charge in [0.05, 0.1) is 0 Å². The van der Waals surface area contributed by atoms with Crippen molar-refractivity contribution in [2.45, 2.75) is 15.9 Å². The fraction of sp³-hybridized carbons (Fsp3) is 0.571. The largest absolute Gasteiger partial charge is 0.374 e. The second-order valence-electron chi connectivity index (χ2n) is 3.04. The summed E-state index contributed by atoms with van der Waals surface area (Å²) in [6.07, 6.45) is 1.06. The van der Waals surface area contributed by atoms with Crippen LogP contribution in [0.25, 0.3) is 0 Å². The van der Waals surface area contributed by atoms with Gasteiger partial charge in [0.25, 0.3) is 0 Å². The van der Waals surface area contributed by atoms with Crippen molar-refractivity contribution in [1.82, 2.24) is 30.4 Å². The highest BCUT2D eigenvalue weighted by Crippen LogP contribution is 2.24. The number of tetrazole rings is 1. The molecule has 0 radical (unpaired) electrons. The summed E-state index contributed by atoms with van der Waals surface area (Å²) in [4.78, 5) is 0. The number of thioether (sulfide) groups is 2. The average Bonchev–Trinajstić information content (AvgIpc) is 2.88. The Morgan fingerprint density at radius 1 is 1.24 bits per heavy atom. The topological polar surface area (TPSA) is 95.4 Å². The van der Waals surface area contributed by atoms with Gasteiger partial charge in [-0.15, -0.1) is 15.3 Å². The average molecular weight is 289 g/mol. The van der Waals surface area contributed by atoms with Crippen LogP contribution in [0, 0.1) is 0 Å². The molecule has 10 heteroatoms. The van der Waals surface area contributed by atoms with Crippen molar-refractivity contribution in [3.63, 3.8) is 0 Å². The predicted molar refractivity (Wildman–Crippen MR) is 69.2 cm³/mol. The minimum atomic E-state index is 0.520. The van der Waals surface area contributed by atoms with Gasteiger partial charge >= 0.3 is 0 Å². The van der Waals surface area contributed by atoms with Crippen LogP contribution in [-0.4, -0.2) is 41.9 Å². The number of nitrogen functional groups attached to an aromatic ring is 1. The zero-order valence-electron chi connectivity index (χ0n) is 9.11. The van der Waals surface area contributed by atoms with Crippen molar-refractivity contribution in [2.24, 2.45) is 7.05 Å². The maximum absolute atomic E-state index is 5.49. The van der Waals surface area contributed by atoms with Crippen LogP contribution in [0.15, 0.2) is 9.50 Å². The number of hydrogen-bond acceptors (Lipinski definition) is 9. The molecule has 0 aliphatic carbocycles. The second kappa shape index (κ2) is 6.17. The summed E-state index contributed by atoms with van der Waals surface area (Å²) in [5, 5.41) is 20.3. The van der Waals surface area contributed by atoms with Crippen molar-refractivity contribution >= 4 is 40.0 Å². The Kier molecular flexibility index (Phi) is 4.57. The molecule has 0 aliphatic rings. The molecule has 0 aromatic carbocycles. The van der Waals surface area contributed by atoms with Gasteiger partial charge in [-0.2, -0.15) is 0 Å². The molecule has 0 saturated carbocycles. The van der Waals surface area contributed by atoms with Crippen LogP contribution in [0.1, 0.15) is 6.42 Å². The highest BCUT2D eigenvalue weighted by molar-refractivity contribution is 8.01. The van der Waals surface area contributed by atoms with E-state index in [9.17, 15) is 0 Å². The lowest BCUT2D eigenvalue weighted by Crippen LogP contribution is -1.94. The molecule has 92 valence electrons. The third-order valence-electron chi connectivity index (χ3n) is 1.75. The number of rotatable bonds is 6. The van der Waals surface area contributed by atoms with Gasteiger partial charge in [0, 0.05) is 18.6 Å². The molecule has 0 spiro atoms. The molecule has 0 fully saturated rings. The van der Waals surface area contributed by atoms with Gasteiger partial charge in [0.2, 0.25) is 10.3 Å². The SMILES string of the molecule is Cn1nnnc1SCCCSc1nnc(N)s1. The number of anilines is 1. The summed E-state index contributed by atoms with van der Waals surface area (Å²) < 4.78 is 2.59. The van der Waals surface area contributed by atoms with Crippen LogP contribution in [0.3, 0.4) is 0 Å². The molecule has 7 nitrogen and oxygen atoms in total. The normalized spacial score (nSPS) is 10.9. The third-order valence-corrected chi connectivity index (χ3v) is 4.82. The quantitative estimate of drug-likeness (QED) is 0.619. The van der Waals surface area contributed by atoms with Gasteiger partial charge < -0.3 is 5.73 Å². The van der Waals surface area contributed by atoms with Crippen molar-refractivity contribution < 1.29 is 0 Å². The standard InChI is InChI=1S/C7H11N7S3/c1-14-6(10-12-13-14)15-3-2-4-16-7-11-9-5(8)17-7/h2-4H2,1H3,(H2,8,9). The van der Waals surface area contributed by atoms with Crippen molar-refractivity contribution in [3.05, 3.63) is 0 Å². The monoisotopic (exact) mass is 289 g/mol. The van der Waals surface area contributed by atoms with E-state index in [0.29, 0.717) is 5.13 Å². The molecule has 0 unspecified atom stereocenters. The highest BCUT2D eigenvalue weighted by atomic mass is 32.2. The maximum atomic E-state index is 5.49. The highest BCUT2D eigenvalue weighted by Gasteiger charge is 2.04. The van der Waals surface area contributed by atoms with Crippen LogP contribution in [-0.2, 0) is 7.05 Å². The van der Waals surface area contributed by atoms with E-state index in [0.717, 1.165) is 27.4 Å². The summed E-state index contributed by atoms with van der Waals surface area (Å²) in [6, 6.07) is 0. The van der Waals surface area contributed by atoms with Gasteiger partial charge in [-0.05, 0) is 16.8 Å². The second-order valence-corrected chi connectivity index (χ2v) is 6.45. The van der Waals surface area contributed by atoms with Gasteiger partial charge in [0.15, 0.2) is 4.34 Å². The van der Waals surface area contributed by atoms with Gasteiger partial charge in [0.1, 0.15) is 0 Å². The van der Waals surface area contributed by atoms with E-state index in [1.165, 1.54) is 11.3 Å². The number of nitrogens with zero attached hydrogens (tertiary/aromatic N) is 6. The van der Waals surface area contributed by atoms with E-state index in [1.807, 2.05) is 7.05 Å². The van der Waals surface area contributed by atoms with E-state index in [2.05, 4.69) is 25.7 Å². The summed E-state index contributed by atoms with van der Waals surface area (Å²) >= 11 is 4.75. The minimum Gasteiger partial charge on any atom is -0.374 e. The molecule has 2 aromatic rings. The first-order valence-electron chi connectivity index (χ1n) is 4.82. The van der Waals surface area contributed by atoms with E-state index in [1.54, 1.807) is 28.2 Å². The molecule has 2 aromatic heterocycles. The van der Waals surface area contributed by atoms with Gasteiger partial charge in [-0.3, -0.25) is 0 Å². The Morgan fingerprint density at radius 3 is 2.71 bits per heavy atom. The van der Waals surface area contributed by atoms with Gasteiger partial charge in [-0.25, -0.2) is 4.68 Å². The molecule has 17 heavy (non-hydrogen) atoms. The first-order valence-corrected chi connectivity index (χ1v) is 7.61. The molecular weight excluding hydrogens is 278 g/mol. The Hall–Kier alpha value is -0.870. The minimum absolute atomic E-state index is 0.520. The first-order chi connectivity index (χ1) is 8.25. The molecule has 0 bridgehead atoms. The zero-order valence-corrected chi connectivity index (χ0v) is 11.6. The number of aryl methyl sites for hydroxylation is 1. The van der Waals surface area contributed by atoms with Crippen molar-refractivity contribution in [1.29, 1.82) is 0 Å². The van der Waals surface area contributed by atoms with Crippen LogP contribution in [0.4, 0.5) is 5.13 Å². The Bertz CT molecular complexity index is 467. The molecule has 2 rings (SSSR count). The van der Waals surface area contributed by atoms with E-state index in [4.69, 9.17) is 5.73 Å². The van der Waals surface area contributed by atoms with Crippen molar-refractivity contribution in [3.8, 4) is 0 Å². The van der Waals surface area contributed by atoms with Gasteiger partial charge in [-0.1, -0.05) is 34.9 Å². The molecule has 0 amide bonds. The summed E-state index contributed by atoms with van der Waals surface area (Å²) in [5.41, 5.74) is 5.49. The van der Waals surface area contributed by atoms with Crippen molar-refractivity contribution in [2.75, 3.05) is 17.2 Å². The smallest absolute Gasteiger partial charge is 0.209 e. The Morgan fingerprint density at radius 2 is 2.06 bits per heavy atom. The summed E-state index contributed by atoms with van der Waals surface area (Å²) in [6.45, 7) is 0. The van der Waals surface area contributed by atoms with E-state index < -0.39 is 0 Å². The van der Waals surface area contributed by atoms with E-state index >= 15 is 0 Å². The Labute approximate surface area is 111 Å². The fourth-order valence-corrected chi connectivity index (χ4v) is 3.62. The molecule has 2 N–H and O–H groups in total. The number of aromatic nitrogens is 6. The lowest BCUT2D eigenvalue weighted by molar-refractivity contribution is 0.664. The van der Waals surface area contributed by atoms with Crippen LogP contribution in [0.5, 0.6) is 0 Å². The molecular formula is C7H11N7S3. The van der Waals surface area contributed by atoms with Crippen LogP contribution >= 0.6 is 34.9 Å². The lowest BCUT2D eigenvalue weighted by atomic mass is 10.6. The first kappa shape index (κ1) is 12.6. The molecule has 2 heterocycles. The molecule has 0 atom stereocenters. The number of hydrogen-bond donors (Lipinski definition) is 1. The molecule has 0 saturated heterocycles. The fourth-order valence-electron chi connectivity index (χ4n) is 1.00. The van der Waals surface area contributed by atoms with Crippen LogP contribution < -0.4 is 5.73 Å². The summed E-state index contributed by atoms with van der Waals surface area (Å²) in [5.74, 6) is 1.97. The third kappa shape index (κ3) is 3.82.